The predicted octanol–water partition coefficient (Wildman–Crippen LogP) is 2.45. The van der Waals surface area contributed by atoms with Crippen LogP contribution < -0.4 is 15.4 Å². The number of ether oxygens (including phenoxy) is 1. The zero-order valence-corrected chi connectivity index (χ0v) is 13.5. The van der Waals surface area contributed by atoms with Gasteiger partial charge in [-0.1, -0.05) is 12.8 Å². The Bertz CT molecular complexity index is 512. The summed E-state index contributed by atoms with van der Waals surface area (Å²) >= 11 is 0. The van der Waals surface area contributed by atoms with Crippen LogP contribution in [0.2, 0.25) is 0 Å². The molecule has 0 spiro atoms. The van der Waals surface area contributed by atoms with Crippen LogP contribution in [-0.2, 0) is 4.79 Å². The second kappa shape index (κ2) is 7.79. The number of amides is 1. The van der Waals surface area contributed by atoms with Gasteiger partial charge in [0, 0.05) is 5.69 Å². The third-order valence-corrected chi connectivity index (χ3v) is 4.70. The summed E-state index contributed by atoms with van der Waals surface area (Å²) in [6, 6.07) is 7.32. The minimum absolute atomic E-state index is 0.0288. The van der Waals surface area contributed by atoms with Crippen molar-refractivity contribution in [2.45, 2.75) is 63.2 Å². The number of benzene rings is 1. The van der Waals surface area contributed by atoms with E-state index in [0.717, 1.165) is 62.9 Å². The molecule has 1 aliphatic heterocycles. The highest BCUT2D eigenvalue weighted by Crippen LogP contribution is 2.25. The van der Waals surface area contributed by atoms with Gasteiger partial charge in [0.1, 0.15) is 11.9 Å². The van der Waals surface area contributed by atoms with Crippen LogP contribution in [0.5, 0.6) is 5.75 Å². The third kappa shape index (κ3) is 4.45. The van der Waals surface area contributed by atoms with E-state index < -0.39 is 0 Å². The number of aliphatic hydroxyl groups is 1. The first-order valence-corrected chi connectivity index (χ1v) is 8.71. The summed E-state index contributed by atoms with van der Waals surface area (Å²) < 4.78 is 5.87. The van der Waals surface area contributed by atoms with E-state index in [1.165, 1.54) is 0 Å². The molecule has 1 saturated carbocycles. The molecule has 3 unspecified atom stereocenters. The molecular formula is C18H26N2O3. The lowest BCUT2D eigenvalue weighted by Crippen LogP contribution is -2.43. The Morgan fingerprint density at radius 2 is 1.83 bits per heavy atom. The van der Waals surface area contributed by atoms with Crippen molar-refractivity contribution >= 4 is 11.6 Å². The van der Waals surface area contributed by atoms with Gasteiger partial charge in [-0.05, 0) is 62.9 Å². The Hall–Kier alpha value is -1.59. The van der Waals surface area contributed by atoms with Crippen molar-refractivity contribution in [1.29, 1.82) is 0 Å². The third-order valence-electron chi connectivity index (χ3n) is 4.70. The van der Waals surface area contributed by atoms with Crippen molar-refractivity contribution in [2.75, 3.05) is 11.9 Å². The fraction of sp³-hybridized carbons (Fsp3) is 0.611. The van der Waals surface area contributed by atoms with Gasteiger partial charge < -0.3 is 20.5 Å². The molecule has 2 fully saturated rings. The second-order valence-electron chi connectivity index (χ2n) is 6.52. The Balaban J connectivity index is 1.53. The maximum Gasteiger partial charge on any atom is 0.241 e. The Labute approximate surface area is 137 Å². The summed E-state index contributed by atoms with van der Waals surface area (Å²) in [7, 11) is 0. The van der Waals surface area contributed by atoms with Crippen molar-refractivity contribution in [2.24, 2.45) is 0 Å². The summed E-state index contributed by atoms with van der Waals surface area (Å²) in [6.07, 6.45) is 6.53. The van der Waals surface area contributed by atoms with Crippen LogP contribution >= 0.6 is 0 Å². The lowest BCUT2D eigenvalue weighted by molar-refractivity contribution is -0.118. The van der Waals surface area contributed by atoms with E-state index in [-0.39, 0.29) is 24.2 Å². The Kier molecular flexibility index (Phi) is 5.51. The molecular weight excluding hydrogens is 292 g/mol. The highest BCUT2D eigenvalue weighted by Gasteiger charge is 2.24. The van der Waals surface area contributed by atoms with Crippen molar-refractivity contribution in [3.63, 3.8) is 0 Å². The van der Waals surface area contributed by atoms with E-state index in [1.54, 1.807) is 0 Å². The first kappa shape index (κ1) is 16.3. The summed E-state index contributed by atoms with van der Waals surface area (Å²) in [4.78, 5) is 12.2. The first-order valence-electron chi connectivity index (χ1n) is 8.71. The SMILES string of the molecule is O=C(Nc1ccc(OC2CCCCC2O)cc1)C1CCCCN1. The van der Waals surface area contributed by atoms with E-state index in [9.17, 15) is 9.90 Å². The van der Waals surface area contributed by atoms with Crippen molar-refractivity contribution in [3.8, 4) is 5.75 Å². The molecule has 1 aromatic rings. The fourth-order valence-corrected chi connectivity index (χ4v) is 3.31. The van der Waals surface area contributed by atoms with Gasteiger partial charge in [0.15, 0.2) is 0 Å². The van der Waals surface area contributed by atoms with Crippen molar-refractivity contribution < 1.29 is 14.6 Å². The molecule has 5 heteroatoms. The van der Waals surface area contributed by atoms with Gasteiger partial charge >= 0.3 is 0 Å². The molecule has 3 N–H and O–H groups in total. The molecule has 2 aliphatic rings. The fourth-order valence-electron chi connectivity index (χ4n) is 3.31. The molecule has 0 bridgehead atoms. The van der Waals surface area contributed by atoms with Crippen molar-refractivity contribution in [3.05, 3.63) is 24.3 Å². The highest BCUT2D eigenvalue weighted by atomic mass is 16.5. The molecule has 1 aliphatic carbocycles. The maximum atomic E-state index is 12.2. The maximum absolute atomic E-state index is 12.2. The normalized spacial score (nSPS) is 28.1. The Morgan fingerprint density at radius 3 is 2.52 bits per heavy atom. The average Bonchev–Trinajstić information content (AvgIpc) is 2.59. The summed E-state index contributed by atoms with van der Waals surface area (Å²) in [6.45, 7) is 0.911. The summed E-state index contributed by atoms with van der Waals surface area (Å²) in [5.41, 5.74) is 0.777. The number of carbonyl (C=O) groups is 1. The number of hydrogen-bond donors (Lipinski definition) is 3. The van der Waals surface area contributed by atoms with Gasteiger partial charge in [-0.2, -0.15) is 0 Å². The van der Waals surface area contributed by atoms with E-state index in [2.05, 4.69) is 10.6 Å². The van der Waals surface area contributed by atoms with Crippen LogP contribution in [0.3, 0.4) is 0 Å². The molecule has 0 radical (unpaired) electrons. The smallest absolute Gasteiger partial charge is 0.241 e. The quantitative estimate of drug-likeness (QED) is 0.797. The van der Waals surface area contributed by atoms with Gasteiger partial charge in [0.2, 0.25) is 5.91 Å². The lowest BCUT2D eigenvalue weighted by atomic mass is 9.95. The molecule has 5 nitrogen and oxygen atoms in total. The number of nitrogens with one attached hydrogen (secondary N) is 2. The topological polar surface area (TPSA) is 70.6 Å². The van der Waals surface area contributed by atoms with E-state index in [0.29, 0.717) is 0 Å². The van der Waals surface area contributed by atoms with Crippen molar-refractivity contribution in [1.82, 2.24) is 5.32 Å². The molecule has 23 heavy (non-hydrogen) atoms. The van der Waals surface area contributed by atoms with E-state index >= 15 is 0 Å². The highest BCUT2D eigenvalue weighted by molar-refractivity contribution is 5.94. The summed E-state index contributed by atoms with van der Waals surface area (Å²) in [5, 5.41) is 16.1. The largest absolute Gasteiger partial charge is 0.488 e. The number of carbonyl (C=O) groups excluding carboxylic acids is 1. The molecule has 3 rings (SSSR count). The van der Waals surface area contributed by atoms with Gasteiger partial charge in [-0.15, -0.1) is 0 Å². The van der Waals surface area contributed by atoms with Gasteiger partial charge in [-0.25, -0.2) is 0 Å². The number of aliphatic hydroxyl groups excluding tert-OH is 1. The molecule has 0 aromatic heterocycles. The van der Waals surface area contributed by atoms with E-state index in [1.807, 2.05) is 24.3 Å². The van der Waals surface area contributed by atoms with Crippen LogP contribution in [0.4, 0.5) is 5.69 Å². The molecule has 1 amide bonds. The zero-order chi connectivity index (χ0) is 16.1. The molecule has 1 saturated heterocycles. The number of piperidine rings is 1. The lowest BCUT2D eigenvalue weighted by Gasteiger charge is -2.28. The molecule has 1 heterocycles. The van der Waals surface area contributed by atoms with Gasteiger partial charge in [0.25, 0.3) is 0 Å². The monoisotopic (exact) mass is 318 g/mol. The van der Waals surface area contributed by atoms with Crippen LogP contribution in [0.25, 0.3) is 0 Å². The number of anilines is 1. The standard InChI is InChI=1S/C18H26N2O3/c21-16-6-1-2-7-17(16)23-14-10-8-13(9-11-14)20-18(22)15-5-3-4-12-19-15/h8-11,15-17,19,21H,1-7,12H2,(H,20,22). The zero-order valence-electron chi connectivity index (χ0n) is 13.5. The van der Waals surface area contributed by atoms with Gasteiger partial charge in [-0.3, -0.25) is 4.79 Å². The number of rotatable bonds is 4. The van der Waals surface area contributed by atoms with Crippen LogP contribution in [0.1, 0.15) is 44.9 Å². The van der Waals surface area contributed by atoms with Crippen LogP contribution in [0.15, 0.2) is 24.3 Å². The first-order chi connectivity index (χ1) is 11.2. The minimum atomic E-state index is -0.375. The van der Waals surface area contributed by atoms with Crippen LogP contribution in [-0.4, -0.2) is 35.8 Å². The predicted molar refractivity (Wildman–Crippen MR) is 89.6 cm³/mol. The Morgan fingerprint density at radius 1 is 1.09 bits per heavy atom. The van der Waals surface area contributed by atoms with E-state index in [4.69, 9.17) is 4.74 Å². The molecule has 1 aromatic carbocycles. The summed E-state index contributed by atoms with van der Waals surface area (Å²) in [5.74, 6) is 0.769. The van der Waals surface area contributed by atoms with Gasteiger partial charge in [0.05, 0.1) is 12.1 Å². The minimum Gasteiger partial charge on any atom is -0.488 e. The second-order valence-corrected chi connectivity index (χ2v) is 6.52. The average molecular weight is 318 g/mol. The van der Waals surface area contributed by atoms with Crippen LogP contribution in [0, 0.1) is 0 Å². The number of hydrogen-bond acceptors (Lipinski definition) is 4. The molecule has 126 valence electrons. The molecule has 3 atom stereocenters.